The summed E-state index contributed by atoms with van der Waals surface area (Å²) in [4.78, 5) is 22.3. The molecule has 0 aliphatic heterocycles. The van der Waals surface area contributed by atoms with Gasteiger partial charge in [-0.15, -0.1) is 11.8 Å². The molecular weight excluding hydrogens is 424 g/mol. The van der Waals surface area contributed by atoms with Gasteiger partial charge in [0.2, 0.25) is 5.91 Å². The lowest BCUT2D eigenvalue weighted by molar-refractivity contribution is -0.384. The Morgan fingerprint density at radius 3 is 2.47 bits per heavy atom. The highest BCUT2D eigenvalue weighted by molar-refractivity contribution is 7.99. The number of aryl methyl sites for hydroxylation is 3. The standard InChI is InChI=1S/C24H26N4O3S/c1-16-5-8-23(11-17(16)2)27-18(3)12-21(19(27)4)13-25-26-24(29)15-32-14-20-6-9-22(10-7-20)28(30)31/h5-13H,14-15H2,1-4H3,(H,26,29)/b25-13-. The monoisotopic (exact) mass is 450 g/mol. The van der Waals surface area contributed by atoms with Gasteiger partial charge in [0.05, 0.1) is 16.9 Å². The number of rotatable bonds is 8. The van der Waals surface area contributed by atoms with Crippen molar-refractivity contribution < 1.29 is 9.72 Å². The molecule has 7 nitrogen and oxygen atoms in total. The van der Waals surface area contributed by atoms with Crippen LogP contribution < -0.4 is 5.43 Å². The van der Waals surface area contributed by atoms with Crippen molar-refractivity contribution in [3.8, 4) is 5.69 Å². The van der Waals surface area contributed by atoms with Gasteiger partial charge in [0.25, 0.3) is 5.69 Å². The molecule has 0 radical (unpaired) electrons. The molecule has 0 saturated heterocycles. The lowest BCUT2D eigenvalue weighted by Gasteiger charge is -2.11. The maximum Gasteiger partial charge on any atom is 0.269 e. The van der Waals surface area contributed by atoms with Gasteiger partial charge in [-0.3, -0.25) is 14.9 Å². The second kappa shape index (κ2) is 10.3. The van der Waals surface area contributed by atoms with Gasteiger partial charge in [0, 0.05) is 40.5 Å². The zero-order valence-corrected chi connectivity index (χ0v) is 19.4. The zero-order chi connectivity index (χ0) is 23.3. The molecule has 3 aromatic rings. The Morgan fingerprint density at radius 2 is 1.81 bits per heavy atom. The third-order valence-electron chi connectivity index (χ3n) is 5.26. The molecule has 0 fully saturated rings. The fourth-order valence-corrected chi connectivity index (χ4v) is 4.14. The molecule has 0 bridgehead atoms. The second-order valence-electron chi connectivity index (χ2n) is 7.64. The summed E-state index contributed by atoms with van der Waals surface area (Å²) in [6.45, 7) is 8.28. The Labute approximate surface area is 191 Å². The highest BCUT2D eigenvalue weighted by atomic mass is 32.2. The molecule has 2 aromatic carbocycles. The molecule has 0 unspecified atom stereocenters. The minimum atomic E-state index is -0.429. The highest BCUT2D eigenvalue weighted by Crippen LogP contribution is 2.22. The Hall–Kier alpha value is -3.39. The van der Waals surface area contributed by atoms with E-state index < -0.39 is 4.92 Å². The number of carbonyl (C=O) groups excluding carboxylic acids is 1. The van der Waals surface area contributed by atoms with Crippen molar-refractivity contribution in [3.05, 3.63) is 92.3 Å². The Morgan fingerprint density at radius 1 is 1.09 bits per heavy atom. The number of non-ortho nitro benzene ring substituents is 1. The topological polar surface area (TPSA) is 89.5 Å². The first kappa shape index (κ1) is 23.3. The number of benzene rings is 2. The molecule has 0 spiro atoms. The van der Waals surface area contributed by atoms with E-state index >= 15 is 0 Å². The summed E-state index contributed by atoms with van der Waals surface area (Å²) in [6, 6.07) is 14.8. The number of thioether (sulfide) groups is 1. The number of aromatic nitrogens is 1. The van der Waals surface area contributed by atoms with E-state index in [0.29, 0.717) is 5.75 Å². The van der Waals surface area contributed by atoms with Gasteiger partial charge >= 0.3 is 0 Å². The number of nitrogens with one attached hydrogen (secondary N) is 1. The minimum Gasteiger partial charge on any atom is -0.318 e. The van der Waals surface area contributed by atoms with Crippen LogP contribution in [0.25, 0.3) is 5.69 Å². The molecule has 1 N–H and O–H groups in total. The Kier molecular flexibility index (Phi) is 7.48. The molecule has 8 heteroatoms. The van der Waals surface area contributed by atoms with Gasteiger partial charge in [-0.25, -0.2) is 5.43 Å². The van der Waals surface area contributed by atoms with Crippen molar-refractivity contribution >= 4 is 29.6 Å². The number of hydrogen-bond donors (Lipinski definition) is 1. The molecule has 1 heterocycles. The number of nitro groups is 1. The predicted molar refractivity (Wildman–Crippen MR) is 130 cm³/mol. The summed E-state index contributed by atoms with van der Waals surface area (Å²) in [5, 5.41) is 14.8. The van der Waals surface area contributed by atoms with Crippen molar-refractivity contribution in [2.45, 2.75) is 33.4 Å². The Balaban J connectivity index is 1.54. The SMILES string of the molecule is Cc1ccc(-n2c(C)cc(/C=N\NC(=O)CSCc3ccc([N+](=O)[O-])cc3)c2C)cc1C. The first-order chi connectivity index (χ1) is 15.3. The molecule has 0 saturated carbocycles. The molecular formula is C24H26N4O3S. The summed E-state index contributed by atoms with van der Waals surface area (Å²) in [6.07, 6.45) is 1.67. The number of nitrogens with zero attached hydrogens (tertiary/aromatic N) is 3. The predicted octanol–water partition coefficient (Wildman–Crippen LogP) is 5.00. The number of hydrogen-bond acceptors (Lipinski definition) is 5. The van der Waals surface area contributed by atoms with E-state index in [1.54, 1.807) is 18.3 Å². The average molecular weight is 451 g/mol. The van der Waals surface area contributed by atoms with Gasteiger partial charge in [0.15, 0.2) is 0 Å². The van der Waals surface area contributed by atoms with Crippen LogP contribution in [0.4, 0.5) is 5.69 Å². The largest absolute Gasteiger partial charge is 0.318 e. The van der Waals surface area contributed by atoms with E-state index in [9.17, 15) is 14.9 Å². The average Bonchev–Trinajstić information content (AvgIpc) is 3.03. The maximum atomic E-state index is 12.1. The molecule has 1 aromatic heterocycles. The number of hydrazone groups is 1. The van der Waals surface area contributed by atoms with Crippen LogP contribution in [0.15, 0.2) is 53.6 Å². The van der Waals surface area contributed by atoms with E-state index in [2.05, 4.69) is 47.1 Å². The lowest BCUT2D eigenvalue weighted by Crippen LogP contribution is -2.19. The zero-order valence-electron chi connectivity index (χ0n) is 18.6. The molecule has 166 valence electrons. The quantitative estimate of drug-likeness (QED) is 0.297. The van der Waals surface area contributed by atoms with Crippen molar-refractivity contribution in [2.24, 2.45) is 5.10 Å². The van der Waals surface area contributed by atoms with Crippen molar-refractivity contribution in [3.63, 3.8) is 0 Å². The molecule has 0 atom stereocenters. The van der Waals surface area contributed by atoms with E-state index in [0.717, 1.165) is 28.2 Å². The molecule has 3 rings (SSSR count). The first-order valence-electron chi connectivity index (χ1n) is 10.2. The number of nitro benzene ring substituents is 1. The van der Waals surface area contributed by atoms with E-state index in [-0.39, 0.29) is 17.3 Å². The van der Waals surface area contributed by atoms with Crippen LogP contribution >= 0.6 is 11.8 Å². The molecule has 1 amide bonds. The fraction of sp³-hybridized carbons (Fsp3) is 0.250. The van der Waals surface area contributed by atoms with Crippen LogP contribution in [0.5, 0.6) is 0 Å². The molecule has 0 aliphatic carbocycles. The summed E-state index contributed by atoms with van der Waals surface area (Å²) < 4.78 is 2.18. The van der Waals surface area contributed by atoms with Gasteiger partial charge < -0.3 is 4.57 Å². The number of amides is 1. The van der Waals surface area contributed by atoms with Crippen LogP contribution in [-0.2, 0) is 10.5 Å². The lowest BCUT2D eigenvalue weighted by atomic mass is 10.1. The third kappa shape index (κ3) is 5.64. The summed E-state index contributed by atoms with van der Waals surface area (Å²) >= 11 is 1.42. The van der Waals surface area contributed by atoms with Gasteiger partial charge in [-0.2, -0.15) is 5.10 Å². The van der Waals surface area contributed by atoms with Gasteiger partial charge in [0.1, 0.15) is 0 Å². The van der Waals surface area contributed by atoms with Crippen molar-refractivity contribution in [1.82, 2.24) is 9.99 Å². The van der Waals surface area contributed by atoms with Gasteiger partial charge in [-0.05, 0) is 62.6 Å². The minimum absolute atomic E-state index is 0.0581. The van der Waals surface area contributed by atoms with Crippen LogP contribution in [0.2, 0.25) is 0 Å². The van der Waals surface area contributed by atoms with E-state index in [1.165, 1.54) is 35.0 Å². The van der Waals surface area contributed by atoms with E-state index in [1.807, 2.05) is 19.9 Å². The summed E-state index contributed by atoms with van der Waals surface area (Å²) in [5.74, 6) is 0.638. The van der Waals surface area contributed by atoms with Crippen LogP contribution in [0.1, 0.15) is 33.6 Å². The molecule has 32 heavy (non-hydrogen) atoms. The smallest absolute Gasteiger partial charge is 0.269 e. The highest BCUT2D eigenvalue weighted by Gasteiger charge is 2.10. The van der Waals surface area contributed by atoms with Crippen LogP contribution in [0, 0.1) is 37.8 Å². The summed E-state index contributed by atoms with van der Waals surface area (Å²) in [5.41, 5.74) is 10.2. The normalized spacial score (nSPS) is 11.1. The molecule has 0 aliphatic rings. The van der Waals surface area contributed by atoms with Crippen LogP contribution in [0.3, 0.4) is 0 Å². The first-order valence-corrected chi connectivity index (χ1v) is 11.3. The Bertz CT molecular complexity index is 1170. The second-order valence-corrected chi connectivity index (χ2v) is 8.63. The maximum absolute atomic E-state index is 12.1. The van der Waals surface area contributed by atoms with Crippen molar-refractivity contribution in [1.29, 1.82) is 0 Å². The van der Waals surface area contributed by atoms with Crippen LogP contribution in [-0.4, -0.2) is 27.4 Å². The van der Waals surface area contributed by atoms with E-state index in [4.69, 9.17) is 0 Å². The fourth-order valence-electron chi connectivity index (χ4n) is 3.36. The number of carbonyl (C=O) groups is 1. The van der Waals surface area contributed by atoms with Gasteiger partial charge in [-0.1, -0.05) is 18.2 Å². The summed E-state index contributed by atoms with van der Waals surface area (Å²) in [7, 11) is 0. The third-order valence-corrected chi connectivity index (χ3v) is 6.26. The van der Waals surface area contributed by atoms with Crippen molar-refractivity contribution in [2.75, 3.05) is 5.75 Å².